The molecule has 3 rings (SSSR count). The number of alkyl halides is 3. The lowest BCUT2D eigenvalue weighted by Gasteiger charge is -2.11. The number of anilines is 2. The van der Waals surface area contributed by atoms with Crippen LogP contribution in [0.15, 0.2) is 29.5 Å². The van der Waals surface area contributed by atoms with Gasteiger partial charge in [-0.1, -0.05) is 0 Å². The van der Waals surface area contributed by atoms with Gasteiger partial charge in [-0.25, -0.2) is 4.98 Å². The Hall–Kier alpha value is -3.31. The Kier molecular flexibility index (Phi) is 5.38. The Labute approximate surface area is 157 Å². The van der Waals surface area contributed by atoms with Crippen molar-refractivity contribution in [2.24, 2.45) is 10.7 Å². The van der Waals surface area contributed by atoms with Crippen LogP contribution >= 0.6 is 0 Å². The number of aliphatic imine (C=N–C) groups is 1. The number of halogens is 3. The van der Waals surface area contributed by atoms with E-state index in [1.807, 2.05) is 0 Å². The summed E-state index contributed by atoms with van der Waals surface area (Å²) in [4.78, 5) is 20.2. The maximum absolute atomic E-state index is 12.5. The van der Waals surface area contributed by atoms with Crippen molar-refractivity contribution in [2.75, 3.05) is 24.2 Å². The number of hydrogen-bond donors (Lipinski definition) is 4. The van der Waals surface area contributed by atoms with Crippen LogP contribution in [0.5, 0.6) is 0 Å². The normalized spacial score (nSPS) is 15.2. The van der Waals surface area contributed by atoms with E-state index in [2.05, 4.69) is 31.0 Å². The van der Waals surface area contributed by atoms with Gasteiger partial charge in [0, 0.05) is 19.2 Å². The average Bonchev–Trinajstić information content (AvgIpc) is 3.34. The highest BCUT2D eigenvalue weighted by molar-refractivity contribution is 6.04. The van der Waals surface area contributed by atoms with E-state index in [1.54, 1.807) is 7.05 Å². The Morgan fingerprint density at radius 1 is 1.46 bits per heavy atom. The summed E-state index contributed by atoms with van der Waals surface area (Å²) < 4.78 is 38.8. The first-order valence-electron chi connectivity index (χ1n) is 8.44. The second kappa shape index (κ2) is 7.74. The molecule has 0 atom stereocenters. The third kappa shape index (κ3) is 4.69. The van der Waals surface area contributed by atoms with Gasteiger partial charge >= 0.3 is 6.18 Å². The van der Waals surface area contributed by atoms with Crippen LogP contribution in [0.2, 0.25) is 0 Å². The average molecular weight is 396 g/mol. The number of nitrogens with zero attached hydrogens (tertiary/aromatic N) is 4. The maximum Gasteiger partial charge on any atom is 0.408 e. The van der Waals surface area contributed by atoms with Gasteiger partial charge in [0.2, 0.25) is 0 Å². The smallest absolute Gasteiger partial charge is 0.404 e. The zero-order valence-corrected chi connectivity index (χ0v) is 14.9. The molecule has 150 valence electrons. The van der Waals surface area contributed by atoms with Crippen LogP contribution in [0, 0.1) is 0 Å². The number of carbonyl (C=O) groups excluding carboxylic acids is 1. The lowest BCUT2D eigenvalue weighted by molar-refractivity contribution is -0.118. The summed E-state index contributed by atoms with van der Waals surface area (Å²) in [6.07, 6.45) is 1.04. The van der Waals surface area contributed by atoms with Gasteiger partial charge in [-0.05, 0) is 25.1 Å². The topological polar surface area (TPSA) is 122 Å². The van der Waals surface area contributed by atoms with E-state index in [1.165, 1.54) is 22.9 Å². The lowest BCUT2D eigenvalue weighted by Crippen LogP contribution is -2.25. The molecule has 0 aliphatic heterocycles. The number of amides is 1. The maximum atomic E-state index is 12.5. The SMILES string of the molecule is CNc1cc(NC(/C=C\N)=NCC(F)(F)F)nc2c(C(=O)NC3CC3)cnn12. The van der Waals surface area contributed by atoms with Crippen molar-refractivity contribution in [3.8, 4) is 0 Å². The third-order valence-corrected chi connectivity index (χ3v) is 3.82. The van der Waals surface area contributed by atoms with Crippen molar-refractivity contribution in [1.82, 2.24) is 19.9 Å². The number of nitrogens with one attached hydrogen (secondary N) is 3. The number of aromatic nitrogens is 3. The van der Waals surface area contributed by atoms with Gasteiger partial charge in [0.15, 0.2) is 5.65 Å². The molecule has 0 spiro atoms. The van der Waals surface area contributed by atoms with E-state index in [4.69, 9.17) is 5.73 Å². The highest BCUT2D eigenvalue weighted by Gasteiger charge is 2.27. The van der Waals surface area contributed by atoms with Gasteiger partial charge < -0.3 is 21.7 Å². The van der Waals surface area contributed by atoms with Crippen molar-refractivity contribution >= 4 is 29.0 Å². The molecule has 2 aromatic rings. The molecule has 0 saturated heterocycles. The molecule has 2 aromatic heterocycles. The molecule has 2 heterocycles. The fourth-order valence-corrected chi connectivity index (χ4v) is 2.39. The summed E-state index contributed by atoms with van der Waals surface area (Å²) in [6.45, 7) is -1.37. The summed E-state index contributed by atoms with van der Waals surface area (Å²) >= 11 is 0. The van der Waals surface area contributed by atoms with Crippen LogP contribution in [-0.2, 0) is 0 Å². The zero-order chi connectivity index (χ0) is 20.3. The minimum Gasteiger partial charge on any atom is -0.404 e. The second-order valence-electron chi connectivity index (χ2n) is 6.12. The highest BCUT2D eigenvalue weighted by Crippen LogP contribution is 2.22. The van der Waals surface area contributed by atoms with Crippen LogP contribution in [-0.4, -0.2) is 52.2 Å². The first-order valence-corrected chi connectivity index (χ1v) is 8.44. The van der Waals surface area contributed by atoms with Gasteiger partial charge in [-0.2, -0.15) is 22.8 Å². The van der Waals surface area contributed by atoms with Crippen LogP contribution in [0.3, 0.4) is 0 Å². The minimum absolute atomic E-state index is 0.123. The van der Waals surface area contributed by atoms with Crippen molar-refractivity contribution in [3.05, 3.63) is 30.1 Å². The predicted octanol–water partition coefficient (Wildman–Crippen LogP) is 1.51. The molecular formula is C16H19F3N8O. The fraction of sp³-hybridized carbons (Fsp3) is 0.375. The largest absolute Gasteiger partial charge is 0.408 e. The molecule has 1 amide bonds. The van der Waals surface area contributed by atoms with Crippen molar-refractivity contribution in [3.63, 3.8) is 0 Å². The molecule has 9 nitrogen and oxygen atoms in total. The summed E-state index contributed by atoms with van der Waals surface area (Å²) in [5.41, 5.74) is 5.80. The Balaban J connectivity index is 1.94. The van der Waals surface area contributed by atoms with Gasteiger partial charge in [-0.15, -0.1) is 0 Å². The van der Waals surface area contributed by atoms with Crippen LogP contribution < -0.4 is 21.7 Å². The van der Waals surface area contributed by atoms with Gasteiger partial charge in [0.1, 0.15) is 29.6 Å². The van der Waals surface area contributed by atoms with Crippen molar-refractivity contribution in [1.29, 1.82) is 0 Å². The number of carbonyl (C=O) groups is 1. The number of hydrogen-bond acceptors (Lipinski definition) is 6. The molecule has 0 unspecified atom stereocenters. The second-order valence-corrected chi connectivity index (χ2v) is 6.12. The van der Waals surface area contributed by atoms with E-state index >= 15 is 0 Å². The van der Waals surface area contributed by atoms with E-state index in [0.29, 0.717) is 5.82 Å². The van der Waals surface area contributed by atoms with Crippen LogP contribution in [0.4, 0.5) is 24.8 Å². The molecule has 5 N–H and O–H groups in total. The molecule has 12 heteroatoms. The minimum atomic E-state index is -4.46. The number of nitrogens with two attached hydrogens (primary N) is 1. The molecule has 1 fully saturated rings. The van der Waals surface area contributed by atoms with E-state index in [9.17, 15) is 18.0 Å². The standard InChI is InChI=1S/C16H19F3N8O/c1-21-13-6-12(25-11(4-5-20)22-8-16(17,18)19)26-14-10(7-23-27(13)14)15(28)24-9-2-3-9/h4-7,9,21H,2-3,8,20H2,1H3,(H,24,28)(H,22,25,26)/b5-4-. The predicted molar refractivity (Wildman–Crippen MR) is 98.3 cm³/mol. The molecule has 28 heavy (non-hydrogen) atoms. The molecule has 1 aliphatic rings. The monoisotopic (exact) mass is 396 g/mol. The molecule has 0 radical (unpaired) electrons. The molecule has 1 aliphatic carbocycles. The molecular weight excluding hydrogens is 377 g/mol. The van der Waals surface area contributed by atoms with Gasteiger partial charge in [0.25, 0.3) is 5.91 Å². The van der Waals surface area contributed by atoms with E-state index in [0.717, 1.165) is 19.0 Å². The summed E-state index contributed by atoms with van der Waals surface area (Å²) in [5.74, 6) is 0.223. The molecule has 1 saturated carbocycles. The van der Waals surface area contributed by atoms with Gasteiger partial charge in [0.05, 0.1) is 6.20 Å². The molecule has 0 aromatic carbocycles. The first-order chi connectivity index (χ1) is 13.3. The number of amidine groups is 1. The first kappa shape index (κ1) is 19.5. The van der Waals surface area contributed by atoms with E-state index in [-0.39, 0.29) is 34.8 Å². The third-order valence-electron chi connectivity index (χ3n) is 3.82. The van der Waals surface area contributed by atoms with Gasteiger partial charge in [-0.3, -0.25) is 9.79 Å². The van der Waals surface area contributed by atoms with Crippen molar-refractivity contribution < 1.29 is 18.0 Å². The number of rotatable bonds is 6. The fourth-order valence-electron chi connectivity index (χ4n) is 2.39. The zero-order valence-electron chi connectivity index (χ0n) is 14.9. The van der Waals surface area contributed by atoms with Crippen LogP contribution in [0.25, 0.3) is 5.65 Å². The van der Waals surface area contributed by atoms with E-state index < -0.39 is 12.7 Å². The Morgan fingerprint density at radius 3 is 2.82 bits per heavy atom. The Morgan fingerprint density at radius 2 is 2.21 bits per heavy atom. The quantitative estimate of drug-likeness (QED) is 0.434. The molecule has 0 bridgehead atoms. The highest BCUT2D eigenvalue weighted by atomic mass is 19.4. The summed E-state index contributed by atoms with van der Waals surface area (Å²) in [5, 5.41) is 12.6. The number of fused-ring (bicyclic) bond motifs is 1. The summed E-state index contributed by atoms with van der Waals surface area (Å²) in [7, 11) is 1.64. The van der Waals surface area contributed by atoms with Crippen LogP contribution in [0.1, 0.15) is 23.2 Å². The summed E-state index contributed by atoms with van der Waals surface area (Å²) in [6, 6.07) is 1.68. The van der Waals surface area contributed by atoms with Crippen molar-refractivity contribution in [2.45, 2.75) is 25.1 Å². The lowest BCUT2D eigenvalue weighted by atomic mass is 10.3. The Bertz CT molecular complexity index is 930.